The van der Waals surface area contributed by atoms with Gasteiger partial charge in [-0.15, -0.1) is 0 Å². The summed E-state index contributed by atoms with van der Waals surface area (Å²) in [6.45, 7) is 17.8. The molecule has 182 valence electrons. The van der Waals surface area contributed by atoms with Crippen molar-refractivity contribution in [2.24, 2.45) is 0 Å². The van der Waals surface area contributed by atoms with Crippen LogP contribution in [0, 0.1) is 0 Å². The molecule has 2 amide bonds. The monoisotopic (exact) mass is 444 g/mol. The highest BCUT2D eigenvalue weighted by Gasteiger charge is 2.23. The molecule has 0 heterocycles. The maximum Gasteiger partial charge on any atom is 0.410 e. The first-order valence-electron chi connectivity index (χ1n) is 11.0. The lowest BCUT2D eigenvalue weighted by atomic mass is 10.2. The average Bonchev–Trinajstić information content (AvgIpc) is 2.51. The SMILES string of the molecule is CN(CCCN(CCCCC(=O)OC(C)(C)C)C(=O)OC(C)(C)C)C(=O)OC(C)(C)C. The van der Waals surface area contributed by atoms with Crippen LogP contribution in [0.1, 0.15) is 88.0 Å². The molecule has 0 aliphatic carbocycles. The lowest BCUT2D eigenvalue weighted by Crippen LogP contribution is -2.40. The molecule has 0 rings (SSSR count). The van der Waals surface area contributed by atoms with E-state index in [2.05, 4.69) is 0 Å². The highest BCUT2D eigenvalue weighted by molar-refractivity contribution is 5.70. The Kier molecular flexibility index (Phi) is 11.4. The lowest BCUT2D eigenvalue weighted by Gasteiger charge is -2.28. The van der Waals surface area contributed by atoms with Gasteiger partial charge in [0, 0.05) is 33.1 Å². The van der Waals surface area contributed by atoms with Crippen LogP contribution in [0.25, 0.3) is 0 Å². The Hall–Kier alpha value is -1.99. The van der Waals surface area contributed by atoms with E-state index in [4.69, 9.17) is 14.2 Å². The van der Waals surface area contributed by atoms with E-state index >= 15 is 0 Å². The molecule has 8 nitrogen and oxygen atoms in total. The maximum atomic E-state index is 12.6. The highest BCUT2D eigenvalue weighted by atomic mass is 16.6. The third kappa shape index (κ3) is 16.4. The summed E-state index contributed by atoms with van der Waals surface area (Å²) in [4.78, 5) is 39.7. The van der Waals surface area contributed by atoms with Crippen LogP contribution >= 0.6 is 0 Å². The number of amides is 2. The van der Waals surface area contributed by atoms with Crippen molar-refractivity contribution in [1.29, 1.82) is 0 Å². The second kappa shape index (κ2) is 12.2. The molecule has 0 bridgehead atoms. The van der Waals surface area contributed by atoms with Gasteiger partial charge < -0.3 is 24.0 Å². The molecule has 0 atom stereocenters. The summed E-state index contributed by atoms with van der Waals surface area (Å²) in [7, 11) is 1.67. The van der Waals surface area contributed by atoms with Gasteiger partial charge in [0.25, 0.3) is 0 Å². The first kappa shape index (κ1) is 29.0. The molecule has 31 heavy (non-hydrogen) atoms. The van der Waals surface area contributed by atoms with Crippen LogP contribution in [0.3, 0.4) is 0 Å². The normalized spacial score (nSPS) is 12.2. The van der Waals surface area contributed by atoms with E-state index in [9.17, 15) is 14.4 Å². The second-order valence-corrected chi connectivity index (χ2v) is 10.8. The highest BCUT2D eigenvalue weighted by Crippen LogP contribution is 2.14. The quantitative estimate of drug-likeness (QED) is 0.283. The van der Waals surface area contributed by atoms with Gasteiger partial charge in [-0.25, -0.2) is 9.59 Å². The van der Waals surface area contributed by atoms with Gasteiger partial charge in [0.05, 0.1) is 0 Å². The Morgan fingerprint density at radius 1 is 0.613 bits per heavy atom. The van der Waals surface area contributed by atoms with Gasteiger partial charge in [0.1, 0.15) is 16.8 Å². The predicted molar refractivity (Wildman–Crippen MR) is 121 cm³/mol. The molecule has 8 heteroatoms. The van der Waals surface area contributed by atoms with Crippen molar-refractivity contribution in [2.45, 2.75) is 105 Å². The molecular weight excluding hydrogens is 400 g/mol. The van der Waals surface area contributed by atoms with Gasteiger partial charge in [-0.3, -0.25) is 4.79 Å². The molecule has 0 aliphatic rings. The fourth-order valence-electron chi connectivity index (χ4n) is 2.52. The van der Waals surface area contributed by atoms with Crippen LogP contribution in [0.2, 0.25) is 0 Å². The summed E-state index contributed by atoms with van der Waals surface area (Å²) < 4.78 is 16.2. The number of ether oxygens (including phenoxy) is 3. The van der Waals surface area contributed by atoms with E-state index in [0.29, 0.717) is 45.3 Å². The first-order chi connectivity index (χ1) is 13.9. The largest absolute Gasteiger partial charge is 0.460 e. The zero-order chi connectivity index (χ0) is 24.5. The molecule has 0 aromatic rings. The standard InChI is InChI=1S/C23H44N2O6/c1-21(2,3)29-18(26)14-11-12-16-25(20(28)31-23(7,8)9)17-13-15-24(10)19(27)30-22(4,5)6/h11-17H2,1-10H3. The fraction of sp³-hybridized carbons (Fsp3) is 0.870. The number of unbranched alkanes of at least 4 members (excludes halogenated alkanes) is 1. The van der Waals surface area contributed by atoms with Gasteiger partial charge in [-0.05, 0) is 81.6 Å². The molecule has 0 N–H and O–H groups in total. The molecule has 0 aromatic carbocycles. The van der Waals surface area contributed by atoms with Crippen molar-refractivity contribution in [2.75, 3.05) is 26.7 Å². The minimum absolute atomic E-state index is 0.240. The van der Waals surface area contributed by atoms with Gasteiger partial charge in [0.2, 0.25) is 0 Å². The maximum absolute atomic E-state index is 12.6. The summed E-state index contributed by atoms with van der Waals surface area (Å²) >= 11 is 0. The third-order valence-electron chi connectivity index (χ3n) is 3.76. The number of rotatable bonds is 9. The number of nitrogens with zero attached hydrogens (tertiary/aromatic N) is 2. The second-order valence-electron chi connectivity index (χ2n) is 10.8. The van der Waals surface area contributed by atoms with Crippen molar-refractivity contribution in [3.63, 3.8) is 0 Å². The molecule has 0 fully saturated rings. The summed E-state index contributed by atoms with van der Waals surface area (Å²) in [5, 5.41) is 0. The van der Waals surface area contributed by atoms with Crippen LogP contribution in [0.4, 0.5) is 9.59 Å². The lowest BCUT2D eigenvalue weighted by molar-refractivity contribution is -0.154. The van der Waals surface area contributed by atoms with E-state index in [0.717, 1.165) is 0 Å². The van der Waals surface area contributed by atoms with Gasteiger partial charge >= 0.3 is 18.2 Å². The number of carbonyl (C=O) groups excluding carboxylic acids is 3. The van der Waals surface area contributed by atoms with Crippen molar-refractivity contribution >= 4 is 18.2 Å². The Morgan fingerprint density at radius 3 is 1.55 bits per heavy atom. The minimum Gasteiger partial charge on any atom is -0.460 e. The van der Waals surface area contributed by atoms with Crippen LogP contribution in [-0.2, 0) is 19.0 Å². The number of hydrogen-bond donors (Lipinski definition) is 0. The smallest absolute Gasteiger partial charge is 0.410 e. The molecule has 0 unspecified atom stereocenters. The van der Waals surface area contributed by atoms with Crippen molar-refractivity contribution < 1.29 is 28.6 Å². The third-order valence-corrected chi connectivity index (χ3v) is 3.76. The van der Waals surface area contributed by atoms with Crippen LogP contribution in [0.5, 0.6) is 0 Å². The molecule has 0 spiro atoms. The zero-order valence-corrected chi connectivity index (χ0v) is 21.3. The minimum atomic E-state index is -0.598. The topological polar surface area (TPSA) is 85.4 Å². The summed E-state index contributed by atoms with van der Waals surface area (Å²) in [6, 6.07) is 0. The van der Waals surface area contributed by atoms with E-state index in [1.54, 1.807) is 11.9 Å². The molecule has 0 saturated heterocycles. The van der Waals surface area contributed by atoms with E-state index in [1.807, 2.05) is 62.3 Å². The number of esters is 1. The van der Waals surface area contributed by atoms with Crippen molar-refractivity contribution in [1.82, 2.24) is 9.80 Å². The van der Waals surface area contributed by atoms with Gasteiger partial charge in [-0.2, -0.15) is 0 Å². The first-order valence-corrected chi connectivity index (χ1v) is 11.0. The Balaban J connectivity index is 4.66. The van der Waals surface area contributed by atoms with Gasteiger partial charge in [-0.1, -0.05) is 0 Å². The van der Waals surface area contributed by atoms with Crippen LogP contribution in [0.15, 0.2) is 0 Å². The zero-order valence-electron chi connectivity index (χ0n) is 21.3. The molecule has 0 saturated carbocycles. The number of carbonyl (C=O) groups is 3. The summed E-state index contributed by atoms with van der Waals surface area (Å²) in [6.07, 6.45) is 1.37. The van der Waals surface area contributed by atoms with E-state index < -0.39 is 29.0 Å². The Bertz CT molecular complexity index is 584. The van der Waals surface area contributed by atoms with Crippen LogP contribution < -0.4 is 0 Å². The van der Waals surface area contributed by atoms with Gasteiger partial charge in [0.15, 0.2) is 0 Å². The van der Waals surface area contributed by atoms with E-state index in [-0.39, 0.29) is 5.97 Å². The molecule has 0 radical (unpaired) electrons. The Labute approximate surface area is 188 Å². The van der Waals surface area contributed by atoms with E-state index in [1.165, 1.54) is 4.90 Å². The summed E-state index contributed by atoms with van der Waals surface area (Å²) in [5.41, 5.74) is -1.65. The fourth-order valence-corrected chi connectivity index (χ4v) is 2.52. The Morgan fingerprint density at radius 2 is 1.06 bits per heavy atom. The summed E-state index contributed by atoms with van der Waals surface area (Å²) in [5.74, 6) is -0.240. The average molecular weight is 445 g/mol. The van der Waals surface area contributed by atoms with Crippen LogP contribution in [-0.4, -0.2) is 71.4 Å². The molecule has 0 aliphatic heterocycles. The van der Waals surface area contributed by atoms with Crippen molar-refractivity contribution in [3.8, 4) is 0 Å². The molecular formula is C23H44N2O6. The molecule has 0 aromatic heterocycles. The number of hydrogen-bond acceptors (Lipinski definition) is 6. The van der Waals surface area contributed by atoms with Crippen molar-refractivity contribution in [3.05, 3.63) is 0 Å². The predicted octanol–water partition coefficient (Wildman–Crippen LogP) is 4.99.